The van der Waals surface area contributed by atoms with Crippen LogP contribution in [0, 0.1) is 0 Å². The van der Waals surface area contributed by atoms with Crippen LogP contribution in [0.5, 0.6) is 0 Å². The lowest BCUT2D eigenvalue weighted by Gasteiger charge is -2.26. The summed E-state index contributed by atoms with van der Waals surface area (Å²) in [5.41, 5.74) is 1.27. The van der Waals surface area contributed by atoms with Gasteiger partial charge in [0.25, 0.3) is 5.91 Å². The second-order valence-electron chi connectivity index (χ2n) is 6.91. The van der Waals surface area contributed by atoms with Gasteiger partial charge in [-0.15, -0.1) is 11.8 Å². The highest BCUT2D eigenvalue weighted by Crippen LogP contribution is 2.33. The standard InChI is InChI=1S/C23H21ClN2O3S/c24-19-5-1-3-16-4-2-6-20(22(16)19)30-15-21(27)25-18-9-7-17(8-10-18)23(28)26-11-13-29-14-12-26/h1-10H,11-15H2,(H,25,27). The van der Waals surface area contributed by atoms with Gasteiger partial charge >= 0.3 is 0 Å². The number of thioether (sulfide) groups is 1. The fourth-order valence-corrected chi connectivity index (χ4v) is 4.61. The number of nitrogens with one attached hydrogen (secondary N) is 1. The maximum atomic E-state index is 12.5. The van der Waals surface area contributed by atoms with Crippen LogP contribution < -0.4 is 5.32 Å². The van der Waals surface area contributed by atoms with Crippen LogP contribution in [-0.2, 0) is 9.53 Å². The van der Waals surface area contributed by atoms with Crippen LogP contribution in [0.25, 0.3) is 10.8 Å². The minimum atomic E-state index is -0.115. The number of hydrogen-bond acceptors (Lipinski definition) is 4. The topological polar surface area (TPSA) is 58.6 Å². The molecule has 1 aliphatic rings. The monoisotopic (exact) mass is 440 g/mol. The molecule has 30 heavy (non-hydrogen) atoms. The quantitative estimate of drug-likeness (QED) is 0.584. The number of fused-ring (bicyclic) bond motifs is 1. The van der Waals surface area contributed by atoms with Crippen LogP contribution >= 0.6 is 23.4 Å². The van der Waals surface area contributed by atoms with Gasteiger partial charge in [-0.1, -0.05) is 35.9 Å². The van der Waals surface area contributed by atoms with E-state index in [1.807, 2.05) is 36.4 Å². The molecule has 1 fully saturated rings. The number of nitrogens with zero attached hydrogens (tertiary/aromatic N) is 1. The molecular formula is C23H21ClN2O3S. The number of amides is 2. The van der Waals surface area contributed by atoms with E-state index in [2.05, 4.69) is 5.32 Å². The minimum Gasteiger partial charge on any atom is -0.378 e. The van der Waals surface area contributed by atoms with Crippen LogP contribution in [0.4, 0.5) is 5.69 Å². The highest BCUT2D eigenvalue weighted by molar-refractivity contribution is 8.00. The van der Waals surface area contributed by atoms with Gasteiger partial charge in [0.05, 0.1) is 19.0 Å². The Morgan fingerprint density at radius 1 is 1.00 bits per heavy atom. The van der Waals surface area contributed by atoms with Crippen molar-refractivity contribution in [3.05, 3.63) is 71.2 Å². The van der Waals surface area contributed by atoms with Crippen molar-refractivity contribution in [1.82, 2.24) is 4.90 Å². The zero-order valence-electron chi connectivity index (χ0n) is 16.3. The SMILES string of the molecule is O=C(CSc1cccc2cccc(Cl)c12)Nc1ccc(C(=O)N2CCOCC2)cc1. The fraction of sp³-hybridized carbons (Fsp3) is 0.217. The number of halogens is 1. The van der Waals surface area contributed by atoms with Gasteiger partial charge in [0.15, 0.2) is 0 Å². The van der Waals surface area contributed by atoms with Crippen molar-refractivity contribution in [2.75, 3.05) is 37.4 Å². The summed E-state index contributed by atoms with van der Waals surface area (Å²) in [4.78, 5) is 27.7. The molecule has 0 aromatic heterocycles. The number of ether oxygens (including phenoxy) is 1. The molecule has 1 aliphatic heterocycles. The van der Waals surface area contributed by atoms with E-state index in [1.165, 1.54) is 11.8 Å². The third kappa shape index (κ3) is 4.78. The van der Waals surface area contributed by atoms with E-state index in [-0.39, 0.29) is 17.6 Å². The molecule has 4 rings (SSSR count). The second-order valence-corrected chi connectivity index (χ2v) is 8.34. The number of benzene rings is 3. The molecule has 1 N–H and O–H groups in total. The Morgan fingerprint density at radius 3 is 2.43 bits per heavy atom. The van der Waals surface area contributed by atoms with Gasteiger partial charge in [-0.2, -0.15) is 0 Å². The van der Waals surface area contributed by atoms with Gasteiger partial charge in [-0.05, 0) is 41.8 Å². The third-order valence-electron chi connectivity index (χ3n) is 4.89. The highest BCUT2D eigenvalue weighted by atomic mass is 35.5. The Kier molecular flexibility index (Phi) is 6.57. The molecule has 3 aromatic rings. The molecule has 0 radical (unpaired) electrons. The molecule has 1 heterocycles. The van der Waals surface area contributed by atoms with Gasteiger partial charge in [0.2, 0.25) is 5.91 Å². The lowest BCUT2D eigenvalue weighted by Crippen LogP contribution is -2.40. The van der Waals surface area contributed by atoms with E-state index >= 15 is 0 Å². The van der Waals surface area contributed by atoms with Crippen molar-refractivity contribution < 1.29 is 14.3 Å². The summed E-state index contributed by atoms with van der Waals surface area (Å²) in [5.74, 6) is 0.134. The summed E-state index contributed by atoms with van der Waals surface area (Å²) in [7, 11) is 0. The van der Waals surface area contributed by atoms with Crippen LogP contribution in [0.3, 0.4) is 0 Å². The molecule has 3 aromatic carbocycles. The highest BCUT2D eigenvalue weighted by Gasteiger charge is 2.18. The van der Waals surface area contributed by atoms with E-state index in [9.17, 15) is 9.59 Å². The lowest BCUT2D eigenvalue weighted by molar-refractivity contribution is -0.113. The Labute approximate surface area is 184 Å². The number of carbonyl (C=O) groups excluding carboxylic acids is 2. The van der Waals surface area contributed by atoms with E-state index in [0.29, 0.717) is 42.6 Å². The van der Waals surface area contributed by atoms with E-state index in [4.69, 9.17) is 16.3 Å². The molecule has 7 heteroatoms. The molecule has 1 saturated heterocycles. The first-order valence-corrected chi connectivity index (χ1v) is 11.0. The zero-order valence-corrected chi connectivity index (χ0v) is 17.8. The van der Waals surface area contributed by atoms with Crippen molar-refractivity contribution in [1.29, 1.82) is 0 Å². The zero-order chi connectivity index (χ0) is 20.9. The number of morpholine rings is 1. The van der Waals surface area contributed by atoms with Crippen LogP contribution in [0.2, 0.25) is 5.02 Å². The third-order valence-corrected chi connectivity index (χ3v) is 6.26. The summed E-state index contributed by atoms with van der Waals surface area (Å²) < 4.78 is 5.28. The summed E-state index contributed by atoms with van der Waals surface area (Å²) in [6, 6.07) is 18.7. The van der Waals surface area contributed by atoms with E-state index < -0.39 is 0 Å². The second kappa shape index (κ2) is 9.51. The number of hydrogen-bond donors (Lipinski definition) is 1. The number of anilines is 1. The largest absolute Gasteiger partial charge is 0.378 e. The first kappa shape index (κ1) is 20.7. The van der Waals surface area contributed by atoms with Gasteiger partial charge in [-0.25, -0.2) is 0 Å². The average Bonchev–Trinajstić information content (AvgIpc) is 2.78. The Hall–Kier alpha value is -2.54. The van der Waals surface area contributed by atoms with Crippen LogP contribution in [0.15, 0.2) is 65.6 Å². The van der Waals surface area contributed by atoms with Crippen molar-refractivity contribution in [3.63, 3.8) is 0 Å². The predicted octanol–water partition coefficient (Wildman–Crippen LogP) is 4.70. The smallest absolute Gasteiger partial charge is 0.254 e. The van der Waals surface area contributed by atoms with E-state index in [0.717, 1.165) is 15.7 Å². The van der Waals surface area contributed by atoms with Crippen molar-refractivity contribution in [3.8, 4) is 0 Å². The average molecular weight is 441 g/mol. The Bertz CT molecular complexity index is 1060. The van der Waals surface area contributed by atoms with Gasteiger partial charge < -0.3 is 15.0 Å². The summed E-state index contributed by atoms with van der Waals surface area (Å²) in [5, 5.41) is 5.57. The first-order chi connectivity index (χ1) is 14.6. The number of carbonyl (C=O) groups is 2. The van der Waals surface area contributed by atoms with Gasteiger partial charge in [0, 0.05) is 39.6 Å². The van der Waals surface area contributed by atoms with Crippen molar-refractivity contribution in [2.24, 2.45) is 0 Å². The molecule has 0 atom stereocenters. The summed E-state index contributed by atoms with van der Waals surface area (Å²) >= 11 is 7.80. The van der Waals surface area contributed by atoms with Crippen LogP contribution in [0.1, 0.15) is 10.4 Å². The maximum absolute atomic E-state index is 12.5. The predicted molar refractivity (Wildman–Crippen MR) is 121 cm³/mol. The van der Waals surface area contributed by atoms with Crippen molar-refractivity contribution >= 4 is 51.6 Å². The molecule has 2 amide bonds. The molecular weight excluding hydrogens is 420 g/mol. The number of rotatable bonds is 5. The summed E-state index contributed by atoms with van der Waals surface area (Å²) in [6.07, 6.45) is 0. The molecule has 5 nitrogen and oxygen atoms in total. The van der Waals surface area contributed by atoms with Crippen molar-refractivity contribution in [2.45, 2.75) is 4.90 Å². The molecule has 0 unspecified atom stereocenters. The summed E-state index contributed by atoms with van der Waals surface area (Å²) in [6.45, 7) is 2.35. The molecule has 154 valence electrons. The van der Waals surface area contributed by atoms with Gasteiger partial charge in [-0.3, -0.25) is 9.59 Å². The maximum Gasteiger partial charge on any atom is 0.254 e. The van der Waals surface area contributed by atoms with E-state index in [1.54, 1.807) is 29.2 Å². The molecule has 0 spiro atoms. The Morgan fingerprint density at radius 2 is 1.70 bits per heavy atom. The molecule has 0 aliphatic carbocycles. The fourth-order valence-electron chi connectivity index (χ4n) is 3.37. The Balaban J connectivity index is 1.36. The first-order valence-electron chi connectivity index (χ1n) is 9.69. The normalized spacial score (nSPS) is 14.0. The molecule has 0 saturated carbocycles. The van der Waals surface area contributed by atoms with Crippen LogP contribution in [-0.4, -0.2) is 48.8 Å². The van der Waals surface area contributed by atoms with Gasteiger partial charge in [0.1, 0.15) is 0 Å². The molecule has 0 bridgehead atoms. The minimum absolute atomic E-state index is 0.0143. The lowest BCUT2D eigenvalue weighted by atomic mass is 10.1.